The van der Waals surface area contributed by atoms with E-state index in [4.69, 9.17) is 29.1 Å². The Morgan fingerprint density at radius 3 is 1.78 bits per heavy atom. The Hall–Kier alpha value is -2.83. The van der Waals surface area contributed by atoms with Crippen molar-refractivity contribution in [2.45, 2.75) is 66.2 Å². The van der Waals surface area contributed by atoms with Crippen LogP contribution in [-0.4, -0.2) is 47.1 Å². The lowest BCUT2D eigenvalue weighted by atomic mass is 9.87. The third kappa shape index (κ3) is 10.2. The Kier molecular flexibility index (Phi) is 14.6. The van der Waals surface area contributed by atoms with Gasteiger partial charge in [0.15, 0.2) is 0 Å². The number of aryl methyl sites for hydroxylation is 2. The Bertz CT molecular complexity index is 1490. The number of aromatic nitrogens is 2. The van der Waals surface area contributed by atoms with Crippen LogP contribution in [0.1, 0.15) is 64.1 Å². The highest BCUT2D eigenvalue weighted by Gasteiger charge is 2.35. The van der Waals surface area contributed by atoms with Crippen LogP contribution in [0.2, 0.25) is 0 Å². The summed E-state index contributed by atoms with van der Waals surface area (Å²) in [6, 6.07) is 14.7. The minimum absolute atomic E-state index is 0.223. The number of esters is 1. The number of aliphatic hydroxyl groups excluding tert-OH is 1. The number of carbonyl (C=O) groups excluding carboxylic acids is 1. The summed E-state index contributed by atoms with van der Waals surface area (Å²) >= 11 is 0.374. The molecule has 2 heterocycles. The largest absolute Gasteiger partial charge is 0.465 e. The highest BCUT2D eigenvalue weighted by atomic mass is 32.2. The third-order valence-electron chi connectivity index (χ3n) is 5.56. The van der Waals surface area contributed by atoms with Crippen molar-refractivity contribution >= 4 is 60.6 Å². The maximum Gasteiger partial charge on any atom is 0.330 e. The van der Waals surface area contributed by atoms with Crippen LogP contribution in [0.5, 0.6) is 0 Å². The van der Waals surface area contributed by atoms with Gasteiger partial charge in [0.25, 0.3) is 0 Å². The fourth-order valence-corrected chi connectivity index (χ4v) is 5.27. The van der Waals surface area contributed by atoms with Crippen molar-refractivity contribution in [2.75, 3.05) is 13.2 Å². The van der Waals surface area contributed by atoms with Gasteiger partial charge in [-0.25, -0.2) is 5.26 Å². The normalized spacial score (nSPS) is 11.7. The van der Waals surface area contributed by atoms with Crippen molar-refractivity contribution in [2.24, 2.45) is 0 Å². The van der Waals surface area contributed by atoms with Gasteiger partial charge in [0.05, 0.1) is 38.9 Å². The molecule has 0 spiro atoms. The Morgan fingerprint density at radius 2 is 1.39 bits per heavy atom. The zero-order valence-corrected chi connectivity index (χ0v) is 26.9. The van der Waals surface area contributed by atoms with E-state index < -0.39 is 22.2 Å². The van der Waals surface area contributed by atoms with Gasteiger partial charge in [0.2, 0.25) is 0 Å². The number of nitriles is 1. The maximum atomic E-state index is 12.0. The second-order valence-corrected chi connectivity index (χ2v) is 11.9. The molecule has 0 radical (unpaired) electrons. The minimum atomic E-state index is -2.52. The molecule has 41 heavy (non-hydrogen) atoms. The van der Waals surface area contributed by atoms with Gasteiger partial charge < -0.3 is 9.84 Å². The fourth-order valence-electron chi connectivity index (χ4n) is 3.47. The molecule has 4 rings (SSSR count). The van der Waals surface area contributed by atoms with Crippen LogP contribution in [0.15, 0.2) is 36.4 Å². The van der Waals surface area contributed by atoms with Crippen molar-refractivity contribution in [3.8, 4) is 6.07 Å². The molecule has 0 fully saturated rings. The molecule has 0 saturated carbocycles. The van der Waals surface area contributed by atoms with E-state index in [1.54, 1.807) is 6.92 Å². The smallest absolute Gasteiger partial charge is 0.330 e. The van der Waals surface area contributed by atoms with Gasteiger partial charge in [-0.05, 0) is 103 Å². The van der Waals surface area contributed by atoms with Gasteiger partial charge in [-0.3, -0.25) is 9.35 Å². The lowest BCUT2D eigenvalue weighted by Gasteiger charge is -2.20. The van der Waals surface area contributed by atoms with Gasteiger partial charge in [-0.2, -0.15) is 18.2 Å². The van der Waals surface area contributed by atoms with Crippen molar-refractivity contribution in [1.29, 1.82) is 5.26 Å². The number of ether oxygens (including phenoxy) is 1. The molecule has 2 aromatic carbocycles. The van der Waals surface area contributed by atoms with Gasteiger partial charge in [-0.1, -0.05) is 23.3 Å². The summed E-state index contributed by atoms with van der Waals surface area (Å²) in [6.07, 6.45) is 0. The van der Waals surface area contributed by atoms with Crippen LogP contribution in [0.4, 0.5) is 0 Å². The van der Waals surface area contributed by atoms with Gasteiger partial charge >= 0.3 is 17.3 Å². The second-order valence-electron chi connectivity index (χ2n) is 9.75. The summed E-state index contributed by atoms with van der Waals surface area (Å²) in [5.74, 6) is -0.223. The Balaban J connectivity index is 0.000000329. The van der Waals surface area contributed by atoms with Crippen LogP contribution < -0.4 is 0 Å². The van der Waals surface area contributed by atoms with E-state index in [1.165, 1.54) is 34.2 Å². The Morgan fingerprint density at radius 1 is 0.976 bits per heavy atom. The highest BCUT2D eigenvalue weighted by molar-refractivity contribution is 7.74. The number of nitrogens with zero attached hydrogens (tertiary/aromatic N) is 3. The molecule has 0 aliphatic heterocycles. The molecule has 0 bridgehead atoms. The maximum absolute atomic E-state index is 12.0. The first-order chi connectivity index (χ1) is 19.2. The topological polar surface area (TPSA) is 163 Å². The van der Waals surface area contributed by atoms with E-state index in [2.05, 4.69) is 56.4 Å². The number of fused-ring (bicyclic) bond motifs is 2. The fraction of sp³-hybridized carbons (Fsp3) is 0.429. The number of aliphatic hydroxyl groups is 1. The number of benzene rings is 2. The lowest BCUT2D eigenvalue weighted by molar-refractivity contribution is -0.148. The number of carbonyl (C=O) groups is 1. The Labute approximate surface area is 251 Å². The van der Waals surface area contributed by atoms with Crippen LogP contribution in [0, 0.1) is 25.2 Å². The van der Waals surface area contributed by atoms with E-state index in [0.717, 1.165) is 31.6 Å². The highest BCUT2D eigenvalue weighted by Crippen LogP contribution is 2.34. The molecular formula is C28H37N3O7S3. The van der Waals surface area contributed by atoms with Crippen molar-refractivity contribution in [3.05, 3.63) is 58.9 Å². The van der Waals surface area contributed by atoms with E-state index in [9.17, 15) is 4.79 Å². The predicted molar refractivity (Wildman–Crippen MR) is 164 cm³/mol. The molecule has 0 aliphatic rings. The van der Waals surface area contributed by atoms with Crippen LogP contribution in [-0.2, 0) is 36.1 Å². The summed E-state index contributed by atoms with van der Waals surface area (Å²) in [6.45, 7) is 15.8. The summed E-state index contributed by atoms with van der Waals surface area (Å²) in [4.78, 5) is 12.0. The van der Waals surface area contributed by atoms with Gasteiger partial charge in [0.1, 0.15) is 5.41 Å². The van der Waals surface area contributed by atoms with Crippen LogP contribution >= 0.6 is 23.1 Å². The standard InChI is InChI=1S/C14H17NO2S.C12H12N2S.C2H6O.H2O4S/c1-5-17-13(16)14(3,4)12-10-8-9(2)6-7-11(10)18-15-12;1-8-4-5-10-9(6-8)11(14-15-10)12(2,3)7-13;1-2-3;1-4-5(2)3/h6-8H,5H2,1-4H3;4-6H,1-3H3;3H,2H2,1H3;1H,(H,2,3). The summed E-state index contributed by atoms with van der Waals surface area (Å²) in [5.41, 5.74) is 2.87. The predicted octanol–water partition coefficient (Wildman–Crippen LogP) is 6.46. The number of hydrogen-bond donors (Lipinski definition) is 3. The lowest BCUT2D eigenvalue weighted by Crippen LogP contribution is -2.31. The quantitative estimate of drug-likeness (QED) is 0.0972. The van der Waals surface area contributed by atoms with Gasteiger partial charge in [0, 0.05) is 17.4 Å². The molecule has 224 valence electrons. The molecule has 10 nitrogen and oxygen atoms in total. The van der Waals surface area contributed by atoms with E-state index in [-0.39, 0.29) is 12.6 Å². The average Bonchev–Trinajstić information content (AvgIpc) is 3.54. The third-order valence-corrected chi connectivity index (χ3v) is 7.34. The average molecular weight is 624 g/mol. The molecule has 1 atom stereocenters. The second kappa shape index (κ2) is 16.6. The number of rotatable bonds is 5. The minimum Gasteiger partial charge on any atom is -0.465 e. The summed E-state index contributed by atoms with van der Waals surface area (Å²) in [5, 5.41) is 25.9. The van der Waals surface area contributed by atoms with Crippen molar-refractivity contribution < 1.29 is 33.0 Å². The molecule has 1 unspecified atom stereocenters. The van der Waals surface area contributed by atoms with Crippen LogP contribution in [0.3, 0.4) is 0 Å². The molecule has 3 N–H and O–H groups in total. The molecule has 13 heteroatoms. The zero-order chi connectivity index (χ0) is 31.4. The van der Waals surface area contributed by atoms with Gasteiger partial charge in [-0.15, -0.1) is 4.33 Å². The van der Waals surface area contributed by atoms with E-state index in [1.807, 2.05) is 47.6 Å². The van der Waals surface area contributed by atoms with Crippen molar-refractivity contribution in [3.63, 3.8) is 0 Å². The van der Waals surface area contributed by atoms with E-state index in [0.29, 0.717) is 6.61 Å². The first-order valence-electron chi connectivity index (χ1n) is 12.5. The first kappa shape index (κ1) is 36.2. The van der Waals surface area contributed by atoms with E-state index >= 15 is 0 Å². The number of hydrogen-bond acceptors (Lipinski definition) is 11. The molecular weight excluding hydrogens is 587 g/mol. The summed E-state index contributed by atoms with van der Waals surface area (Å²) in [7, 11) is 0. The zero-order valence-electron chi connectivity index (χ0n) is 24.4. The summed E-state index contributed by atoms with van der Waals surface area (Å²) < 4.78 is 35.4. The molecule has 4 aromatic rings. The molecule has 0 aliphatic carbocycles. The SMILES string of the molecule is CCO.CCOC(=O)C(C)(C)c1nsc2ccc(C)cc12.Cc1ccc2snc(C(C)(C)C#N)c2c1.O=S(O)OO. The molecule has 0 amide bonds. The first-order valence-corrected chi connectivity index (χ1v) is 15.1. The van der Waals surface area contributed by atoms with Crippen molar-refractivity contribution in [1.82, 2.24) is 8.75 Å². The van der Waals surface area contributed by atoms with Crippen LogP contribution in [0.25, 0.3) is 20.2 Å². The molecule has 0 saturated heterocycles. The monoisotopic (exact) mass is 623 g/mol. The molecule has 2 aromatic heterocycles.